The SMILES string of the molecule is COc1cc(-c2cc(C(=O)NC3CCC(O)CC3)c3c(N)ncnn23)ccc1C(N)=O. The number of hydrogen-bond donors (Lipinski definition) is 4. The summed E-state index contributed by atoms with van der Waals surface area (Å²) in [6, 6.07) is 6.59. The first kappa shape index (κ1) is 20.6. The molecule has 4 rings (SSSR count). The minimum absolute atomic E-state index is 0.0184. The molecular weight excluding hydrogens is 400 g/mol. The van der Waals surface area contributed by atoms with Crippen molar-refractivity contribution < 1.29 is 19.4 Å². The number of nitrogens with one attached hydrogen (secondary N) is 1. The minimum atomic E-state index is -0.604. The van der Waals surface area contributed by atoms with E-state index < -0.39 is 5.91 Å². The number of anilines is 1. The van der Waals surface area contributed by atoms with Gasteiger partial charge in [-0.2, -0.15) is 5.10 Å². The van der Waals surface area contributed by atoms with E-state index in [9.17, 15) is 14.7 Å². The Morgan fingerprint density at radius 3 is 2.61 bits per heavy atom. The van der Waals surface area contributed by atoms with Gasteiger partial charge < -0.3 is 26.6 Å². The predicted molar refractivity (Wildman–Crippen MR) is 114 cm³/mol. The zero-order valence-corrected chi connectivity index (χ0v) is 17.0. The van der Waals surface area contributed by atoms with Crippen LogP contribution in [0.1, 0.15) is 46.4 Å². The number of amides is 2. The van der Waals surface area contributed by atoms with Crippen molar-refractivity contribution in [3.8, 4) is 17.0 Å². The van der Waals surface area contributed by atoms with E-state index in [-0.39, 0.29) is 29.4 Å². The van der Waals surface area contributed by atoms with Gasteiger partial charge in [0.25, 0.3) is 11.8 Å². The number of hydrogen-bond acceptors (Lipinski definition) is 7. The fraction of sp³-hybridized carbons (Fsp3) is 0.333. The maximum Gasteiger partial charge on any atom is 0.253 e. The number of carbonyl (C=O) groups is 2. The Balaban J connectivity index is 1.75. The highest BCUT2D eigenvalue weighted by molar-refractivity contribution is 6.05. The molecule has 2 heterocycles. The minimum Gasteiger partial charge on any atom is -0.496 e. The largest absolute Gasteiger partial charge is 0.496 e. The number of primary amides is 1. The van der Waals surface area contributed by atoms with Gasteiger partial charge in [-0.15, -0.1) is 0 Å². The second-order valence-corrected chi connectivity index (χ2v) is 7.61. The Morgan fingerprint density at radius 1 is 1.19 bits per heavy atom. The summed E-state index contributed by atoms with van der Waals surface area (Å²) in [7, 11) is 1.45. The van der Waals surface area contributed by atoms with E-state index in [2.05, 4.69) is 15.4 Å². The van der Waals surface area contributed by atoms with Crippen LogP contribution in [0.15, 0.2) is 30.6 Å². The second-order valence-electron chi connectivity index (χ2n) is 7.61. The molecule has 10 heteroatoms. The van der Waals surface area contributed by atoms with Gasteiger partial charge in [0, 0.05) is 11.6 Å². The Hall–Kier alpha value is -3.66. The summed E-state index contributed by atoms with van der Waals surface area (Å²) in [6.45, 7) is 0. The summed E-state index contributed by atoms with van der Waals surface area (Å²) in [4.78, 5) is 28.7. The maximum atomic E-state index is 13.1. The number of nitrogens with two attached hydrogens (primary N) is 2. The average molecular weight is 424 g/mol. The van der Waals surface area contributed by atoms with Crippen LogP contribution in [-0.2, 0) is 0 Å². The first-order chi connectivity index (χ1) is 14.9. The van der Waals surface area contributed by atoms with Gasteiger partial charge in [0.15, 0.2) is 5.82 Å². The van der Waals surface area contributed by atoms with Crippen LogP contribution < -0.4 is 21.5 Å². The molecule has 1 aliphatic rings. The second kappa shape index (κ2) is 8.23. The molecule has 1 aromatic carbocycles. The van der Waals surface area contributed by atoms with Gasteiger partial charge in [0.05, 0.1) is 30.0 Å². The van der Waals surface area contributed by atoms with Crippen LogP contribution in [0.25, 0.3) is 16.8 Å². The number of nitrogen functional groups attached to an aromatic ring is 1. The zero-order valence-electron chi connectivity index (χ0n) is 17.0. The van der Waals surface area contributed by atoms with E-state index in [0.29, 0.717) is 53.8 Å². The number of methoxy groups -OCH3 is 1. The van der Waals surface area contributed by atoms with Crippen molar-refractivity contribution in [1.29, 1.82) is 0 Å². The Labute approximate surface area is 178 Å². The molecule has 0 bridgehead atoms. The number of carbonyl (C=O) groups excluding carboxylic acids is 2. The molecule has 0 saturated heterocycles. The van der Waals surface area contributed by atoms with Gasteiger partial charge in [0.1, 0.15) is 17.6 Å². The van der Waals surface area contributed by atoms with Crippen molar-refractivity contribution in [3.63, 3.8) is 0 Å². The van der Waals surface area contributed by atoms with Crippen LogP contribution in [0.4, 0.5) is 5.82 Å². The number of aliphatic hydroxyl groups is 1. The molecule has 1 aliphatic carbocycles. The lowest BCUT2D eigenvalue weighted by Gasteiger charge is -2.26. The summed E-state index contributed by atoms with van der Waals surface area (Å²) in [6.07, 6.45) is 3.74. The van der Waals surface area contributed by atoms with Crippen molar-refractivity contribution in [2.45, 2.75) is 37.8 Å². The van der Waals surface area contributed by atoms with Gasteiger partial charge in [-0.05, 0) is 43.9 Å². The summed E-state index contributed by atoms with van der Waals surface area (Å²) < 4.78 is 6.84. The molecule has 0 unspecified atom stereocenters. The zero-order chi connectivity index (χ0) is 22.1. The van der Waals surface area contributed by atoms with Crippen molar-refractivity contribution >= 4 is 23.1 Å². The summed E-state index contributed by atoms with van der Waals surface area (Å²) in [5.41, 5.74) is 13.7. The first-order valence-electron chi connectivity index (χ1n) is 9.98. The smallest absolute Gasteiger partial charge is 0.253 e. The molecule has 1 saturated carbocycles. The van der Waals surface area contributed by atoms with Gasteiger partial charge in [-0.1, -0.05) is 6.07 Å². The van der Waals surface area contributed by atoms with E-state index in [4.69, 9.17) is 16.2 Å². The normalized spacial score (nSPS) is 18.6. The van der Waals surface area contributed by atoms with Crippen LogP contribution in [-0.4, -0.2) is 50.8 Å². The molecule has 0 aliphatic heterocycles. The van der Waals surface area contributed by atoms with E-state index in [1.165, 1.54) is 13.4 Å². The van der Waals surface area contributed by atoms with Gasteiger partial charge in [0.2, 0.25) is 0 Å². The number of aromatic nitrogens is 3. The van der Waals surface area contributed by atoms with E-state index >= 15 is 0 Å². The lowest BCUT2D eigenvalue weighted by atomic mass is 9.93. The van der Waals surface area contributed by atoms with Crippen molar-refractivity contribution in [2.75, 3.05) is 12.8 Å². The molecule has 0 radical (unpaired) electrons. The fourth-order valence-corrected chi connectivity index (χ4v) is 3.98. The highest BCUT2D eigenvalue weighted by atomic mass is 16.5. The van der Waals surface area contributed by atoms with Crippen LogP contribution in [0.5, 0.6) is 5.75 Å². The Morgan fingerprint density at radius 2 is 1.94 bits per heavy atom. The third-order valence-corrected chi connectivity index (χ3v) is 5.62. The van der Waals surface area contributed by atoms with E-state index in [1.807, 2.05) is 0 Å². The quantitative estimate of drug-likeness (QED) is 0.478. The molecule has 162 valence electrons. The summed E-state index contributed by atoms with van der Waals surface area (Å²) in [5, 5.41) is 17.0. The molecule has 0 spiro atoms. The fourth-order valence-electron chi connectivity index (χ4n) is 3.98. The topological polar surface area (TPSA) is 158 Å². The number of ether oxygens (including phenoxy) is 1. The molecule has 6 N–H and O–H groups in total. The summed E-state index contributed by atoms with van der Waals surface area (Å²) in [5.74, 6) is -0.403. The highest BCUT2D eigenvalue weighted by Gasteiger charge is 2.25. The predicted octanol–water partition coefficient (Wildman–Crippen LogP) is 1.12. The molecule has 10 nitrogen and oxygen atoms in total. The number of nitrogens with zero attached hydrogens (tertiary/aromatic N) is 3. The molecule has 2 aromatic heterocycles. The first-order valence-corrected chi connectivity index (χ1v) is 9.98. The van der Waals surface area contributed by atoms with E-state index in [0.717, 1.165) is 0 Å². The number of fused-ring (bicyclic) bond motifs is 1. The van der Waals surface area contributed by atoms with Crippen molar-refractivity contribution in [2.24, 2.45) is 5.73 Å². The lowest BCUT2D eigenvalue weighted by Crippen LogP contribution is -2.38. The number of benzene rings is 1. The lowest BCUT2D eigenvalue weighted by molar-refractivity contribution is 0.0869. The Kier molecular flexibility index (Phi) is 5.47. The molecule has 1 fully saturated rings. The van der Waals surface area contributed by atoms with Gasteiger partial charge in [-0.3, -0.25) is 9.59 Å². The van der Waals surface area contributed by atoms with Crippen molar-refractivity contribution in [3.05, 3.63) is 41.7 Å². The molecule has 0 atom stereocenters. The van der Waals surface area contributed by atoms with Crippen LogP contribution >= 0.6 is 0 Å². The Bertz CT molecular complexity index is 1150. The van der Waals surface area contributed by atoms with Crippen LogP contribution in [0.3, 0.4) is 0 Å². The summed E-state index contributed by atoms with van der Waals surface area (Å²) >= 11 is 0. The third-order valence-electron chi connectivity index (χ3n) is 5.62. The van der Waals surface area contributed by atoms with Crippen molar-refractivity contribution in [1.82, 2.24) is 19.9 Å². The maximum absolute atomic E-state index is 13.1. The van der Waals surface area contributed by atoms with Crippen LogP contribution in [0, 0.1) is 0 Å². The third kappa shape index (κ3) is 3.89. The number of rotatable bonds is 5. The molecule has 2 amide bonds. The molecular formula is C21H24N6O4. The molecule has 3 aromatic rings. The standard InChI is InChI=1S/C21H24N6O4/c1-31-17-8-11(2-7-14(17)20(23)29)16-9-15(18-19(22)24-10-25-27(16)18)21(30)26-12-3-5-13(28)6-4-12/h2,7-10,12-13,28H,3-6H2,1H3,(H2,23,29)(H,26,30)(H2,22,24,25). The van der Waals surface area contributed by atoms with Gasteiger partial charge in [-0.25, -0.2) is 9.50 Å². The van der Waals surface area contributed by atoms with E-state index in [1.54, 1.807) is 28.8 Å². The number of aliphatic hydroxyl groups excluding tert-OH is 1. The average Bonchev–Trinajstić information content (AvgIpc) is 3.16. The monoisotopic (exact) mass is 424 g/mol. The highest BCUT2D eigenvalue weighted by Crippen LogP contribution is 2.31. The van der Waals surface area contributed by atoms with Gasteiger partial charge >= 0.3 is 0 Å². The van der Waals surface area contributed by atoms with Crippen LogP contribution in [0.2, 0.25) is 0 Å². The molecule has 31 heavy (non-hydrogen) atoms.